The fraction of sp³-hybridized carbons (Fsp3) is 0.500. The highest BCUT2D eigenvalue weighted by Gasteiger charge is 2.19. The van der Waals surface area contributed by atoms with Crippen molar-refractivity contribution in [2.24, 2.45) is 0 Å². The van der Waals surface area contributed by atoms with Crippen molar-refractivity contribution in [3.8, 4) is 0 Å². The molecule has 0 aromatic heterocycles. The number of likely N-dealkylation sites (N-methyl/N-ethyl adjacent to an activating group) is 2. The van der Waals surface area contributed by atoms with Crippen molar-refractivity contribution >= 4 is 27.5 Å². The number of nitrogens with zero attached hydrogens (tertiary/aromatic N) is 2. The minimum Gasteiger partial charge on any atom is -0.353 e. The van der Waals surface area contributed by atoms with E-state index in [1.54, 1.807) is 6.07 Å². The molecule has 1 amide bonds. The zero-order chi connectivity index (χ0) is 16.9. The van der Waals surface area contributed by atoms with E-state index in [1.165, 1.54) is 7.05 Å². The Balaban J connectivity index is 2.71. The Hall–Kier alpha value is -1.15. The van der Waals surface area contributed by atoms with Crippen molar-refractivity contribution in [1.82, 2.24) is 14.5 Å². The largest absolute Gasteiger partial charge is 0.353 e. The Kier molecular flexibility index (Phi) is 6.80. The van der Waals surface area contributed by atoms with Crippen molar-refractivity contribution < 1.29 is 13.2 Å². The van der Waals surface area contributed by atoms with Crippen molar-refractivity contribution in [1.29, 1.82) is 0 Å². The number of amides is 1. The summed E-state index contributed by atoms with van der Waals surface area (Å²) in [6.07, 6.45) is 1.06. The molecule has 1 aromatic carbocycles. The van der Waals surface area contributed by atoms with Gasteiger partial charge in [0.1, 0.15) is 0 Å². The quantitative estimate of drug-likeness (QED) is 0.797. The van der Waals surface area contributed by atoms with Crippen molar-refractivity contribution in [2.75, 3.05) is 40.5 Å². The molecule has 0 heterocycles. The van der Waals surface area contributed by atoms with Crippen LogP contribution in [0.3, 0.4) is 0 Å². The van der Waals surface area contributed by atoms with Gasteiger partial charge >= 0.3 is 0 Å². The Morgan fingerprint density at radius 3 is 2.36 bits per heavy atom. The van der Waals surface area contributed by atoms with Gasteiger partial charge in [-0.05, 0) is 25.7 Å². The molecule has 0 saturated heterocycles. The molecule has 0 saturated carbocycles. The third-order valence-electron chi connectivity index (χ3n) is 3.31. The second kappa shape index (κ2) is 7.92. The van der Waals surface area contributed by atoms with Crippen LogP contribution in [-0.2, 0) is 14.8 Å². The van der Waals surface area contributed by atoms with Gasteiger partial charge in [0, 0.05) is 18.6 Å². The van der Waals surface area contributed by atoms with Crippen LogP contribution in [0.1, 0.15) is 11.6 Å². The molecule has 0 aliphatic heterocycles. The van der Waals surface area contributed by atoms with E-state index in [-0.39, 0.29) is 18.5 Å². The summed E-state index contributed by atoms with van der Waals surface area (Å²) in [7, 11) is 1.78. The van der Waals surface area contributed by atoms with Crippen molar-refractivity contribution in [3.05, 3.63) is 34.9 Å². The molecule has 1 atom stereocenters. The van der Waals surface area contributed by atoms with E-state index in [0.717, 1.165) is 16.1 Å². The predicted octanol–water partition coefficient (Wildman–Crippen LogP) is 0.950. The predicted molar refractivity (Wildman–Crippen MR) is 88.4 cm³/mol. The zero-order valence-electron chi connectivity index (χ0n) is 13.2. The number of benzene rings is 1. The van der Waals surface area contributed by atoms with Gasteiger partial charge in [-0.15, -0.1) is 0 Å². The maximum Gasteiger partial charge on any atom is 0.235 e. The van der Waals surface area contributed by atoms with Crippen LogP contribution >= 0.6 is 11.6 Å². The number of nitrogens with one attached hydrogen (secondary N) is 1. The molecule has 0 radical (unpaired) electrons. The third-order valence-corrected chi connectivity index (χ3v) is 4.92. The molecular weight excluding hydrogens is 326 g/mol. The lowest BCUT2D eigenvalue weighted by atomic mass is 10.1. The molecule has 0 aliphatic rings. The van der Waals surface area contributed by atoms with Crippen LogP contribution < -0.4 is 5.32 Å². The van der Waals surface area contributed by atoms with Crippen LogP contribution in [-0.4, -0.2) is 64.0 Å². The van der Waals surface area contributed by atoms with Gasteiger partial charge in [0.15, 0.2) is 0 Å². The highest BCUT2D eigenvalue weighted by molar-refractivity contribution is 7.88. The summed E-state index contributed by atoms with van der Waals surface area (Å²) in [6.45, 7) is 0.134. The van der Waals surface area contributed by atoms with Crippen LogP contribution in [0, 0.1) is 0 Å². The lowest BCUT2D eigenvalue weighted by Gasteiger charge is -2.26. The molecule has 1 aromatic rings. The summed E-state index contributed by atoms with van der Waals surface area (Å²) < 4.78 is 23.6. The highest BCUT2D eigenvalue weighted by Crippen LogP contribution is 2.25. The van der Waals surface area contributed by atoms with Gasteiger partial charge in [0.05, 0.1) is 18.8 Å². The van der Waals surface area contributed by atoms with E-state index in [2.05, 4.69) is 5.32 Å². The number of carbonyl (C=O) groups excluding carboxylic acids is 1. The summed E-state index contributed by atoms with van der Waals surface area (Å²) >= 11 is 6.20. The average molecular weight is 348 g/mol. The van der Waals surface area contributed by atoms with E-state index in [4.69, 9.17) is 11.6 Å². The van der Waals surface area contributed by atoms with Gasteiger partial charge in [-0.3, -0.25) is 4.79 Å². The summed E-state index contributed by atoms with van der Waals surface area (Å²) in [6, 6.07) is 7.34. The lowest BCUT2D eigenvalue weighted by Crippen LogP contribution is -2.41. The number of hydrogen-bond acceptors (Lipinski definition) is 4. The number of halogens is 1. The lowest BCUT2D eigenvalue weighted by molar-refractivity contribution is -0.121. The van der Waals surface area contributed by atoms with Gasteiger partial charge in [0.25, 0.3) is 0 Å². The Bertz CT molecular complexity index is 620. The standard InChI is InChI=1S/C14H22ClN3O3S/c1-17(2)13(11-7-5-6-8-12(11)15)9-16-14(19)10-18(3)22(4,20)21/h5-8,13H,9-10H2,1-4H3,(H,16,19)/t13-/m1/s1. The van der Waals surface area contributed by atoms with Gasteiger partial charge < -0.3 is 10.2 Å². The van der Waals surface area contributed by atoms with E-state index in [9.17, 15) is 13.2 Å². The Morgan fingerprint density at radius 1 is 1.27 bits per heavy atom. The number of carbonyl (C=O) groups is 1. The molecule has 6 nitrogen and oxygen atoms in total. The van der Waals surface area contributed by atoms with E-state index >= 15 is 0 Å². The molecule has 22 heavy (non-hydrogen) atoms. The first-order valence-electron chi connectivity index (χ1n) is 6.71. The minimum atomic E-state index is -3.37. The molecule has 0 bridgehead atoms. The van der Waals surface area contributed by atoms with Gasteiger partial charge in [-0.1, -0.05) is 29.8 Å². The maximum atomic E-state index is 11.9. The molecule has 1 rings (SSSR count). The molecule has 0 unspecified atom stereocenters. The van der Waals surface area contributed by atoms with Gasteiger partial charge in [-0.25, -0.2) is 8.42 Å². The van der Waals surface area contributed by atoms with Crippen LogP contribution in [0.4, 0.5) is 0 Å². The van der Waals surface area contributed by atoms with E-state index < -0.39 is 10.0 Å². The first kappa shape index (κ1) is 18.9. The molecule has 0 fully saturated rings. The second-order valence-corrected chi connectivity index (χ2v) is 7.82. The van der Waals surface area contributed by atoms with E-state index in [1.807, 2.05) is 37.2 Å². The third kappa shape index (κ3) is 5.57. The maximum absolute atomic E-state index is 11.9. The number of hydrogen-bond donors (Lipinski definition) is 1. The molecule has 0 aliphatic carbocycles. The Labute approximate surface area is 137 Å². The van der Waals surface area contributed by atoms with Gasteiger partial charge in [0.2, 0.25) is 15.9 Å². The van der Waals surface area contributed by atoms with Crippen molar-refractivity contribution in [2.45, 2.75) is 6.04 Å². The molecular formula is C14H22ClN3O3S. The van der Waals surface area contributed by atoms with Crippen LogP contribution in [0.5, 0.6) is 0 Å². The van der Waals surface area contributed by atoms with Crippen LogP contribution in [0.15, 0.2) is 24.3 Å². The normalized spacial score (nSPS) is 13.4. The van der Waals surface area contributed by atoms with Crippen LogP contribution in [0.2, 0.25) is 5.02 Å². The highest BCUT2D eigenvalue weighted by atomic mass is 35.5. The number of rotatable bonds is 7. The zero-order valence-corrected chi connectivity index (χ0v) is 14.8. The summed E-state index contributed by atoms with van der Waals surface area (Å²) in [4.78, 5) is 13.8. The SMILES string of the molecule is CN(C)[C@H](CNC(=O)CN(C)S(C)(=O)=O)c1ccccc1Cl. The fourth-order valence-corrected chi connectivity index (χ4v) is 2.52. The Morgan fingerprint density at radius 2 is 1.86 bits per heavy atom. The fourth-order valence-electron chi connectivity index (χ4n) is 1.90. The molecule has 0 spiro atoms. The summed E-state index contributed by atoms with van der Waals surface area (Å²) in [5.74, 6) is -0.355. The smallest absolute Gasteiger partial charge is 0.235 e. The molecule has 8 heteroatoms. The van der Waals surface area contributed by atoms with Gasteiger partial charge in [-0.2, -0.15) is 4.31 Å². The summed E-state index contributed by atoms with van der Waals surface area (Å²) in [5, 5.41) is 3.38. The van der Waals surface area contributed by atoms with Crippen molar-refractivity contribution in [3.63, 3.8) is 0 Å². The monoisotopic (exact) mass is 347 g/mol. The first-order valence-corrected chi connectivity index (χ1v) is 8.94. The topological polar surface area (TPSA) is 69.7 Å². The van der Waals surface area contributed by atoms with Crippen LogP contribution in [0.25, 0.3) is 0 Å². The second-order valence-electron chi connectivity index (χ2n) is 5.32. The molecule has 1 N–H and O–H groups in total. The average Bonchev–Trinajstić information content (AvgIpc) is 2.39. The van der Waals surface area contributed by atoms with E-state index in [0.29, 0.717) is 11.6 Å². The number of sulfonamides is 1. The first-order chi connectivity index (χ1) is 10.1. The summed E-state index contributed by atoms with van der Waals surface area (Å²) in [5.41, 5.74) is 0.908. The molecule has 124 valence electrons. The minimum absolute atomic E-state index is 0.0961.